The molecule has 1 amide bonds. The van der Waals surface area contributed by atoms with Gasteiger partial charge in [-0.25, -0.2) is 0 Å². The van der Waals surface area contributed by atoms with Crippen LogP contribution in [0.5, 0.6) is 0 Å². The predicted molar refractivity (Wildman–Crippen MR) is 102 cm³/mol. The third-order valence-electron chi connectivity index (χ3n) is 5.53. The Kier molecular flexibility index (Phi) is 4.23. The highest BCUT2D eigenvalue weighted by Crippen LogP contribution is 2.36. The molecule has 134 valence electrons. The van der Waals surface area contributed by atoms with Crippen LogP contribution in [0.4, 0.5) is 0 Å². The molecule has 5 heteroatoms. The summed E-state index contributed by atoms with van der Waals surface area (Å²) < 4.78 is 1.92. The fraction of sp³-hybridized carbons (Fsp3) is 0.381. The maximum atomic E-state index is 13.1. The van der Waals surface area contributed by atoms with E-state index in [1.165, 1.54) is 5.56 Å². The molecule has 5 nitrogen and oxygen atoms in total. The molecule has 0 radical (unpaired) electrons. The fourth-order valence-corrected chi connectivity index (χ4v) is 4.21. The molecule has 3 heterocycles. The van der Waals surface area contributed by atoms with E-state index in [0.29, 0.717) is 6.42 Å². The number of pyridine rings is 1. The average Bonchev–Trinajstić information content (AvgIpc) is 3.20. The van der Waals surface area contributed by atoms with E-state index in [1.54, 1.807) is 6.20 Å². The number of hydrogen-bond acceptors (Lipinski definition) is 3. The van der Waals surface area contributed by atoms with Crippen LogP contribution in [0.1, 0.15) is 41.4 Å². The third-order valence-corrected chi connectivity index (χ3v) is 5.53. The van der Waals surface area contributed by atoms with Gasteiger partial charge in [-0.15, -0.1) is 0 Å². The first kappa shape index (κ1) is 16.8. The van der Waals surface area contributed by atoms with Crippen molar-refractivity contribution in [2.45, 2.75) is 39.2 Å². The van der Waals surface area contributed by atoms with Gasteiger partial charge in [0.25, 0.3) is 0 Å². The van der Waals surface area contributed by atoms with E-state index in [1.807, 2.05) is 53.9 Å². The summed E-state index contributed by atoms with van der Waals surface area (Å²) in [5, 5.41) is 5.62. The summed E-state index contributed by atoms with van der Waals surface area (Å²) in [6.07, 6.45) is 4.23. The minimum atomic E-state index is 0.138. The van der Waals surface area contributed by atoms with Gasteiger partial charge in [0, 0.05) is 36.4 Å². The summed E-state index contributed by atoms with van der Waals surface area (Å²) in [5.74, 6) is 0.174. The van der Waals surface area contributed by atoms with Gasteiger partial charge in [-0.3, -0.25) is 14.5 Å². The van der Waals surface area contributed by atoms with Crippen LogP contribution in [-0.4, -0.2) is 32.1 Å². The summed E-state index contributed by atoms with van der Waals surface area (Å²) in [7, 11) is 1.97. The van der Waals surface area contributed by atoms with Crippen LogP contribution in [0.3, 0.4) is 0 Å². The number of carbonyl (C=O) groups excluding carboxylic acids is 1. The molecule has 0 spiro atoms. The molecule has 1 aliphatic heterocycles. The summed E-state index contributed by atoms with van der Waals surface area (Å²) in [6.45, 7) is 4.94. The summed E-state index contributed by atoms with van der Waals surface area (Å²) in [6, 6.07) is 10.2. The van der Waals surface area contributed by atoms with Crippen LogP contribution < -0.4 is 0 Å². The van der Waals surface area contributed by atoms with Gasteiger partial charge >= 0.3 is 0 Å². The number of rotatable bonds is 3. The average molecular weight is 348 g/mol. The normalized spacial score (nSPS) is 17.2. The number of likely N-dealkylation sites (tertiary alicyclic amines) is 1. The molecule has 1 atom stereocenters. The molecule has 0 bridgehead atoms. The van der Waals surface area contributed by atoms with Crippen molar-refractivity contribution in [1.82, 2.24) is 19.7 Å². The van der Waals surface area contributed by atoms with Gasteiger partial charge in [0.1, 0.15) is 0 Å². The number of carbonyl (C=O) groups is 1. The lowest BCUT2D eigenvalue weighted by Crippen LogP contribution is -2.32. The predicted octanol–water partition coefficient (Wildman–Crippen LogP) is 3.49. The van der Waals surface area contributed by atoms with E-state index in [-0.39, 0.29) is 11.9 Å². The maximum Gasteiger partial charge on any atom is 0.227 e. The zero-order valence-electron chi connectivity index (χ0n) is 15.6. The Morgan fingerprint density at radius 1 is 1.23 bits per heavy atom. The first-order valence-corrected chi connectivity index (χ1v) is 9.18. The van der Waals surface area contributed by atoms with Crippen LogP contribution in [0.25, 0.3) is 10.9 Å². The minimum Gasteiger partial charge on any atom is -0.335 e. The third kappa shape index (κ3) is 2.77. The molecule has 0 aliphatic carbocycles. The molecule has 26 heavy (non-hydrogen) atoms. The van der Waals surface area contributed by atoms with Crippen LogP contribution in [0.2, 0.25) is 0 Å². The van der Waals surface area contributed by atoms with Crippen molar-refractivity contribution < 1.29 is 4.79 Å². The molecule has 1 aliphatic rings. The van der Waals surface area contributed by atoms with E-state index in [4.69, 9.17) is 0 Å². The number of amides is 1. The number of aryl methyl sites for hydroxylation is 2. The Morgan fingerprint density at radius 3 is 2.81 bits per heavy atom. The van der Waals surface area contributed by atoms with Crippen LogP contribution >= 0.6 is 0 Å². The summed E-state index contributed by atoms with van der Waals surface area (Å²) in [5.41, 5.74) is 5.32. The van der Waals surface area contributed by atoms with Crippen LogP contribution in [0.15, 0.2) is 36.5 Å². The largest absolute Gasteiger partial charge is 0.335 e. The van der Waals surface area contributed by atoms with Gasteiger partial charge in [0.15, 0.2) is 0 Å². The molecule has 1 saturated heterocycles. The van der Waals surface area contributed by atoms with E-state index < -0.39 is 0 Å². The molecule has 1 fully saturated rings. The van der Waals surface area contributed by atoms with Gasteiger partial charge in [-0.1, -0.05) is 24.3 Å². The number of hydrogen-bond donors (Lipinski definition) is 0. The Balaban J connectivity index is 1.63. The molecule has 0 unspecified atom stereocenters. The van der Waals surface area contributed by atoms with Crippen molar-refractivity contribution >= 4 is 16.8 Å². The number of nitrogens with zero attached hydrogens (tertiary/aromatic N) is 4. The number of aromatic nitrogens is 3. The van der Waals surface area contributed by atoms with E-state index in [2.05, 4.69) is 17.0 Å². The zero-order valence-corrected chi connectivity index (χ0v) is 15.6. The smallest absolute Gasteiger partial charge is 0.227 e. The van der Waals surface area contributed by atoms with Gasteiger partial charge in [-0.2, -0.15) is 5.10 Å². The lowest BCUT2D eigenvalue weighted by molar-refractivity contribution is -0.131. The lowest BCUT2D eigenvalue weighted by Gasteiger charge is -2.25. The maximum absolute atomic E-state index is 13.1. The second-order valence-corrected chi connectivity index (χ2v) is 7.12. The Labute approximate surface area is 153 Å². The van der Waals surface area contributed by atoms with Crippen molar-refractivity contribution in [2.75, 3.05) is 6.54 Å². The standard InChI is InChI=1S/C21H24N4O/c1-14-20(15(2)24(3)23-14)18-10-6-12-25(18)19(26)13-17-8-4-7-16-9-5-11-22-21(16)17/h4-5,7-9,11,18H,6,10,12-13H2,1-3H3/t18-/m1/s1. The first-order chi connectivity index (χ1) is 12.6. The quantitative estimate of drug-likeness (QED) is 0.728. The molecular weight excluding hydrogens is 324 g/mol. The zero-order chi connectivity index (χ0) is 18.3. The molecule has 2 aromatic heterocycles. The first-order valence-electron chi connectivity index (χ1n) is 9.18. The summed E-state index contributed by atoms with van der Waals surface area (Å²) in [4.78, 5) is 19.7. The molecule has 3 aromatic rings. The second kappa shape index (κ2) is 6.56. The Bertz CT molecular complexity index is 970. The van der Waals surface area contributed by atoms with Crippen molar-refractivity contribution in [3.8, 4) is 0 Å². The van der Waals surface area contributed by atoms with Crippen LogP contribution in [-0.2, 0) is 18.3 Å². The fourth-order valence-electron chi connectivity index (χ4n) is 4.21. The van der Waals surface area contributed by atoms with E-state index >= 15 is 0 Å². The number of benzene rings is 1. The van der Waals surface area contributed by atoms with Crippen molar-refractivity contribution in [2.24, 2.45) is 7.05 Å². The topological polar surface area (TPSA) is 51.0 Å². The van der Waals surface area contributed by atoms with Crippen molar-refractivity contribution in [3.05, 3.63) is 59.0 Å². The SMILES string of the molecule is Cc1nn(C)c(C)c1[C@H]1CCCN1C(=O)Cc1cccc2cccnc12. The van der Waals surface area contributed by atoms with Crippen molar-refractivity contribution in [3.63, 3.8) is 0 Å². The molecule has 0 N–H and O–H groups in total. The van der Waals surface area contributed by atoms with Gasteiger partial charge in [0.05, 0.1) is 23.7 Å². The molecule has 1 aromatic carbocycles. The van der Waals surface area contributed by atoms with Crippen LogP contribution in [0, 0.1) is 13.8 Å². The molecular formula is C21H24N4O. The Hall–Kier alpha value is -2.69. The van der Waals surface area contributed by atoms with Gasteiger partial charge in [-0.05, 0) is 38.3 Å². The number of fused-ring (bicyclic) bond motifs is 1. The van der Waals surface area contributed by atoms with Gasteiger partial charge in [0.2, 0.25) is 5.91 Å². The Morgan fingerprint density at radius 2 is 2.04 bits per heavy atom. The highest BCUT2D eigenvalue weighted by atomic mass is 16.2. The minimum absolute atomic E-state index is 0.138. The highest BCUT2D eigenvalue weighted by Gasteiger charge is 2.33. The van der Waals surface area contributed by atoms with E-state index in [9.17, 15) is 4.79 Å². The highest BCUT2D eigenvalue weighted by molar-refractivity contribution is 5.87. The van der Waals surface area contributed by atoms with E-state index in [0.717, 1.165) is 47.2 Å². The molecule has 4 rings (SSSR count). The van der Waals surface area contributed by atoms with Crippen molar-refractivity contribution in [1.29, 1.82) is 0 Å². The number of para-hydroxylation sites is 1. The lowest BCUT2D eigenvalue weighted by atomic mass is 10.0. The van der Waals surface area contributed by atoms with Gasteiger partial charge < -0.3 is 4.90 Å². The monoisotopic (exact) mass is 348 g/mol. The second-order valence-electron chi connectivity index (χ2n) is 7.12. The summed E-state index contributed by atoms with van der Waals surface area (Å²) >= 11 is 0. The molecule has 0 saturated carbocycles.